The van der Waals surface area contributed by atoms with Gasteiger partial charge in [0.05, 0.1) is 19.3 Å². The molecule has 4 rings (SSSR count). The predicted octanol–water partition coefficient (Wildman–Crippen LogP) is 5.86. The normalized spacial score (nSPS) is 11.3. The van der Waals surface area contributed by atoms with Gasteiger partial charge < -0.3 is 24.8 Å². The van der Waals surface area contributed by atoms with Crippen molar-refractivity contribution < 1.29 is 29.0 Å². The Kier molecular flexibility index (Phi) is 10.3. The van der Waals surface area contributed by atoms with E-state index in [1.807, 2.05) is 49.4 Å². The van der Waals surface area contributed by atoms with Gasteiger partial charge in [0, 0.05) is 29.7 Å². The third kappa shape index (κ3) is 7.54. The van der Waals surface area contributed by atoms with E-state index in [0.29, 0.717) is 47.0 Å². The molecule has 4 aromatic carbocycles. The van der Waals surface area contributed by atoms with Crippen LogP contribution >= 0.6 is 0 Å². The van der Waals surface area contributed by atoms with E-state index in [-0.39, 0.29) is 24.7 Å². The molecule has 1 amide bonds. The van der Waals surface area contributed by atoms with Crippen molar-refractivity contribution in [3.63, 3.8) is 0 Å². The molecule has 42 heavy (non-hydrogen) atoms. The third-order valence-corrected chi connectivity index (χ3v) is 6.76. The second-order valence-corrected chi connectivity index (χ2v) is 9.54. The molecule has 8 heteroatoms. The van der Waals surface area contributed by atoms with E-state index in [4.69, 9.17) is 9.47 Å². The van der Waals surface area contributed by atoms with Gasteiger partial charge in [-0.25, -0.2) is 4.79 Å². The number of para-hydroxylation sites is 3. The number of hydrogen-bond acceptors (Lipinski definition) is 6. The van der Waals surface area contributed by atoms with Gasteiger partial charge in [0.1, 0.15) is 24.1 Å². The van der Waals surface area contributed by atoms with Gasteiger partial charge in [-0.05, 0) is 42.0 Å². The number of carbonyl (C=O) groups is 3. The van der Waals surface area contributed by atoms with Crippen LogP contribution in [0.1, 0.15) is 34.8 Å². The smallest absolute Gasteiger partial charge is 0.326 e. The molecule has 0 saturated heterocycles. The molecule has 0 aliphatic rings. The minimum Gasteiger partial charge on any atom is -0.495 e. The number of ketones is 1. The molecule has 0 radical (unpaired) electrons. The molecule has 4 aromatic rings. The summed E-state index contributed by atoms with van der Waals surface area (Å²) in [5.41, 5.74) is 2.86. The van der Waals surface area contributed by atoms with E-state index >= 15 is 0 Å². The van der Waals surface area contributed by atoms with Crippen LogP contribution in [-0.4, -0.2) is 49.1 Å². The van der Waals surface area contributed by atoms with Gasteiger partial charge in [-0.1, -0.05) is 73.7 Å². The maximum atomic E-state index is 13.1. The molecule has 216 valence electrons. The summed E-state index contributed by atoms with van der Waals surface area (Å²) in [6, 6.07) is 29.3. The number of hydrogen-bond donors (Lipinski definition) is 2. The number of benzene rings is 4. The second-order valence-electron chi connectivity index (χ2n) is 9.54. The van der Waals surface area contributed by atoms with Crippen LogP contribution in [0.5, 0.6) is 11.5 Å². The fourth-order valence-corrected chi connectivity index (χ4v) is 4.58. The van der Waals surface area contributed by atoms with Crippen molar-refractivity contribution in [2.45, 2.75) is 25.8 Å². The van der Waals surface area contributed by atoms with Gasteiger partial charge in [-0.2, -0.15) is 0 Å². The van der Waals surface area contributed by atoms with E-state index in [0.717, 1.165) is 5.56 Å². The molecule has 1 atom stereocenters. The summed E-state index contributed by atoms with van der Waals surface area (Å²) in [5.74, 6) is -0.0557. The van der Waals surface area contributed by atoms with Crippen molar-refractivity contribution in [3.05, 3.63) is 120 Å². The molecule has 0 bridgehead atoms. The van der Waals surface area contributed by atoms with Crippen LogP contribution in [0.25, 0.3) is 0 Å². The Bertz CT molecular complexity index is 1500. The van der Waals surface area contributed by atoms with Gasteiger partial charge in [0.25, 0.3) is 0 Å². The summed E-state index contributed by atoms with van der Waals surface area (Å²) in [6.45, 7) is 2.40. The van der Waals surface area contributed by atoms with E-state index in [9.17, 15) is 19.5 Å². The first kappa shape index (κ1) is 29.9. The van der Waals surface area contributed by atoms with Crippen LogP contribution in [-0.2, 0) is 16.0 Å². The lowest BCUT2D eigenvalue weighted by molar-refractivity contribution is -0.137. The molecule has 0 aliphatic carbocycles. The number of aliphatic carboxylic acids is 1. The number of nitrogens with one attached hydrogen (secondary N) is 1. The monoisotopic (exact) mass is 566 g/mol. The molecular weight excluding hydrogens is 532 g/mol. The fourth-order valence-electron chi connectivity index (χ4n) is 4.58. The zero-order valence-corrected chi connectivity index (χ0v) is 23.7. The minimum absolute atomic E-state index is 0.0438. The number of amides is 1. The lowest BCUT2D eigenvalue weighted by Crippen LogP contribution is -2.34. The van der Waals surface area contributed by atoms with Gasteiger partial charge in [0.2, 0.25) is 5.91 Å². The van der Waals surface area contributed by atoms with Crippen LogP contribution in [0, 0.1) is 0 Å². The molecule has 0 heterocycles. The highest BCUT2D eigenvalue weighted by atomic mass is 16.5. The van der Waals surface area contributed by atoms with E-state index in [1.165, 1.54) is 0 Å². The first-order chi connectivity index (χ1) is 20.4. The molecule has 0 fully saturated rings. The number of carbonyl (C=O) groups excluding carboxylic acids is 2. The van der Waals surface area contributed by atoms with Crippen LogP contribution in [0.2, 0.25) is 0 Å². The largest absolute Gasteiger partial charge is 0.495 e. The summed E-state index contributed by atoms with van der Waals surface area (Å²) >= 11 is 0. The standard InChI is InChI=1S/C34H34N2O6/c1-3-32(37)36(30-15-9-10-16-31(30)41-2)21-22-42-26-19-17-24(18-20-26)23-29(34(39)40)35-28-14-8-7-13-27(28)33(38)25-11-5-4-6-12-25/h4-20,29,35H,3,21-23H2,1-2H3,(H,39,40)/t29-/m0/s1. The number of carboxylic acids is 1. The first-order valence-corrected chi connectivity index (χ1v) is 13.7. The lowest BCUT2D eigenvalue weighted by Gasteiger charge is -2.24. The van der Waals surface area contributed by atoms with Crippen LogP contribution in [0.4, 0.5) is 11.4 Å². The van der Waals surface area contributed by atoms with Crippen molar-refractivity contribution >= 4 is 29.0 Å². The summed E-state index contributed by atoms with van der Waals surface area (Å²) in [7, 11) is 1.57. The summed E-state index contributed by atoms with van der Waals surface area (Å²) < 4.78 is 11.3. The second kappa shape index (κ2) is 14.5. The highest BCUT2D eigenvalue weighted by Gasteiger charge is 2.22. The van der Waals surface area contributed by atoms with E-state index in [2.05, 4.69) is 5.32 Å². The number of ether oxygens (including phenoxy) is 2. The number of rotatable bonds is 14. The Balaban J connectivity index is 1.40. The SMILES string of the molecule is CCC(=O)N(CCOc1ccc(C[C@H](Nc2ccccc2C(=O)c2ccccc2)C(=O)O)cc1)c1ccccc1OC. The Labute approximate surface area is 245 Å². The quantitative estimate of drug-likeness (QED) is 0.184. The van der Waals surface area contributed by atoms with E-state index in [1.54, 1.807) is 72.7 Å². The Morgan fingerprint density at radius 1 is 0.857 bits per heavy atom. The number of carboxylic acid groups (broad SMARTS) is 1. The van der Waals surface area contributed by atoms with E-state index < -0.39 is 12.0 Å². The van der Waals surface area contributed by atoms with Gasteiger partial charge in [0.15, 0.2) is 5.78 Å². The molecule has 0 saturated carbocycles. The van der Waals surface area contributed by atoms with Crippen LogP contribution < -0.4 is 19.7 Å². The molecule has 0 spiro atoms. The molecule has 0 aromatic heterocycles. The van der Waals surface area contributed by atoms with Crippen LogP contribution in [0.15, 0.2) is 103 Å². The van der Waals surface area contributed by atoms with Gasteiger partial charge >= 0.3 is 5.97 Å². The average Bonchev–Trinajstić information content (AvgIpc) is 3.03. The van der Waals surface area contributed by atoms with Crippen molar-refractivity contribution in [2.24, 2.45) is 0 Å². The van der Waals surface area contributed by atoms with Crippen LogP contribution in [0.3, 0.4) is 0 Å². The fraction of sp³-hybridized carbons (Fsp3) is 0.206. The molecule has 2 N–H and O–H groups in total. The van der Waals surface area contributed by atoms with Crippen molar-refractivity contribution in [2.75, 3.05) is 30.5 Å². The molecule has 0 aliphatic heterocycles. The van der Waals surface area contributed by atoms with Crippen molar-refractivity contribution in [1.29, 1.82) is 0 Å². The maximum Gasteiger partial charge on any atom is 0.326 e. The summed E-state index contributed by atoms with van der Waals surface area (Å²) in [5, 5.41) is 13.0. The Hall–Kier alpha value is -5.11. The van der Waals surface area contributed by atoms with Gasteiger partial charge in [-0.3, -0.25) is 9.59 Å². The third-order valence-electron chi connectivity index (χ3n) is 6.76. The van der Waals surface area contributed by atoms with Gasteiger partial charge in [-0.15, -0.1) is 0 Å². The molecule has 8 nitrogen and oxygen atoms in total. The summed E-state index contributed by atoms with van der Waals surface area (Å²) in [6.07, 6.45) is 0.534. The Morgan fingerprint density at radius 2 is 1.52 bits per heavy atom. The summed E-state index contributed by atoms with van der Waals surface area (Å²) in [4.78, 5) is 39.5. The zero-order valence-electron chi connectivity index (χ0n) is 23.7. The lowest BCUT2D eigenvalue weighted by atomic mass is 10.00. The van der Waals surface area contributed by atoms with Crippen molar-refractivity contribution in [1.82, 2.24) is 0 Å². The first-order valence-electron chi connectivity index (χ1n) is 13.7. The predicted molar refractivity (Wildman–Crippen MR) is 163 cm³/mol. The number of methoxy groups -OCH3 is 1. The Morgan fingerprint density at radius 3 is 2.21 bits per heavy atom. The zero-order chi connectivity index (χ0) is 29.9. The average molecular weight is 567 g/mol. The number of nitrogens with zero attached hydrogens (tertiary/aromatic N) is 1. The molecule has 0 unspecified atom stereocenters. The molecular formula is C34H34N2O6. The topological polar surface area (TPSA) is 105 Å². The maximum absolute atomic E-state index is 13.1. The highest BCUT2D eigenvalue weighted by Crippen LogP contribution is 2.28. The number of anilines is 2. The highest BCUT2D eigenvalue weighted by molar-refractivity contribution is 6.12. The van der Waals surface area contributed by atoms with Crippen molar-refractivity contribution in [3.8, 4) is 11.5 Å². The minimum atomic E-state index is -1.03.